The summed E-state index contributed by atoms with van der Waals surface area (Å²) in [6.45, 7) is 14.5. The first-order valence-electron chi connectivity index (χ1n) is 13.1. The van der Waals surface area contributed by atoms with E-state index in [1.807, 2.05) is 56.5 Å². The summed E-state index contributed by atoms with van der Waals surface area (Å²) in [5.41, 5.74) is 3.97. The number of thiazole rings is 1. The monoisotopic (exact) mass is 524 g/mol. The van der Waals surface area contributed by atoms with Crippen LogP contribution in [0.1, 0.15) is 63.2 Å². The molecule has 0 radical (unpaired) electrons. The Balaban J connectivity index is 1.49. The highest BCUT2D eigenvalue weighted by atomic mass is 32.1. The highest BCUT2D eigenvalue weighted by Gasteiger charge is 2.39. The van der Waals surface area contributed by atoms with Crippen LogP contribution in [0.5, 0.6) is 0 Å². The zero-order valence-corrected chi connectivity index (χ0v) is 23.5. The smallest absolute Gasteiger partial charge is 0.416 e. The average Bonchev–Trinajstić information content (AvgIpc) is 3.46. The van der Waals surface area contributed by atoms with Crippen LogP contribution in [0, 0.1) is 24.7 Å². The van der Waals surface area contributed by atoms with Crippen molar-refractivity contribution < 1.29 is 19.4 Å². The van der Waals surface area contributed by atoms with Crippen molar-refractivity contribution >= 4 is 29.4 Å². The summed E-state index contributed by atoms with van der Waals surface area (Å²) in [5.74, 6) is -0.357. The summed E-state index contributed by atoms with van der Waals surface area (Å²) in [6.07, 6.45) is 3.42. The van der Waals surface area contributed by atoms with Gasteiger partial charge in [-0.25, -0.2) is 14.7 Å². The third kappa shape index (κ3) is 7.62. The van der Waals surface area contributed by atoms with Crippen molar-refractivity contribution in [1.82, 2.24) is 9.88 Å². The zero-order chi connectivity index (χ0) is 27.1. The molecule has 1 N–H and O–H groups in total. The number of rotatable bonds is 12. The normalized spacial score (nSPS) is 19.3. The van der Waals surface area contributed by atoms with Crippen LogP contribution in [0.3, 0.4) is 0 Å². The fourth-order valence-electron chi connectivity index (χ4n) is 4.78. The van der Waals surface area contributed by atoms with Gasteiger partial charge in [-0.1, -0.05) is 63.3 Å². The van der Waals surface area contributed by atoms with Gasteiger partial charge in [0.15, 0.2) is 0 Å². The summed E-state index contributed by atoms with van der Waals surface area (Å²) >= 11 is 1.63. The Morgan fingerprint density at radius 2 is 2.00 bits per heavy atom. The molecule has 2 aromatic rings. The van der Waals surface area contributed by atoms with Crippen LogP contribution in [0.25, 0.3) is 6.08 Å². The van der Waals surface area contributed by atoms with Crippen LogP contribution in [0.2, 0.25) is 0 Å². The molecule has 6 nitrogen and oxygen atoms in total. The Morgan fingerprint density at radius 1 is 1.30 bits per heavy atom. The molecule has 7 heteroatoms. The van der Waals surface area contributed by atoms with Crippen LogP contribution in [0.4, 0.5) is 4.79 Å². The van der Waals surface area contributed by atoms with Crippen molar-refractivity contribution in [3.8, 4) is 0 Å². The predicted molar refractivity (Wildman–Crippen MR) is 149 cm³/mol. The molecule has 0 spiro atoms. The number of aryl methyl sites for hydroxylation is 1. The maximum Gasteiger partial charge on any atom is 0.416 e. The second-order valence-electron chi connectivity index (χ2n) is 10.4. The second kappa shape index (κ2) is 13.2. The Labute approximate surface area is 225 Å². The lowest BCUT2D eigenvalue weighted by Gasteiger charge is -2.28. The molecule has 0 aliphatic carbocycles. The van der Waals surface area contributed by atoms with Crippen LogP contribution >= 0.6 is 11.3 Å². The number of carbonyl (C=O) groups excluding carboxylic acids is 2. The van der Waals surface area contributed by atoms with Crippen LogP contribution in [0.15, 0.2) is 53.4 Å². The molecule has 1 fully saturated rings. The largest absolute Gasteiger partial charge is 0.447 e. The SMILES string of the molecule is C=C(CCC[C@H](C)C(=O)N1C(=O)OC[C@@H]1Cc1ccccc1)C(O)[C@H](C)[C@H](C)/C(C)=C/c1csc(C)n1. The number of ether oxygens (including phenoxy) is 1. The molecule has 1 aliphatic rings. The third-order valence-electron chi connectivity index (χ3n) is 7.50. The molecule has 37 heavy (non-hydrogen) atoms. The van der Waals surface area contributed by atoms with Crippen LogP contribution in [-0.2, 0) is 16.0 Å². The van der Waals surface area contributed by atoms with E-state index < -0.39 is 12.2 Å². The lowest BCUT2D eigenvalue weighted by atomic mass is 9.81. The number of benzene rings is 1. The maximum atomic E-state index is 13.1. The molecule has 2 heterocycles. The first-order chi connectivity index (χ1) is 17.6. The number of aliphatic hydroxyl groups excluding tert-OH is 1. The number of hydrogen-bond acceptors (Lipinski definition) is 6. The van der Waals surface area contributed by atoms with Crippen molar-refractivity contribution in [2.75, 3.05) is 6.61 Å². The molecule has 1 aromatic carbocycles. The topological polar surface area (TPSA) is 79.7 Å². The number of hydrogen-bond donors (Lipinski definition) is 1. The predicted octanol–water partition coefficient (Wildman–Crippen LogP) is 6.44. The molecule has 1 saturated heterocycles. The number of cyclic esters (lactones) is 1. The van der Waals surface area contributed by atoms with E-state index in [4.69, 9.17) is 4.74 Å². The Bertz CT molecular complexity index is 1110. The fraction of sp³-hybridized carbons (Fsp3) is 0.500. The Morgan fingerprint density at radius 3 is 2.65 bits per heavy atom. The Kier molecular flexibility index (Phi) is 10.2. The number of aromatic nitrogens is 1. The quantitative estimate of drug-likeness (QED) is 0.323. The van der Waals surface area contributed by atoms with Gasteiger partial charge in [0.25, 0.3) is 0 Å². The van der Waals surface area contributed by atoms with Gasteiger partial charge < -0.3 is 9.84 Å². The fourth-order valence-corrected chi connectivity index (χ4v) is 5.35. The van der Waals surface area contributed by atoms with Gasteiger partial charge in [-0.3, -0.25) is 4.79 Å². The van der Waals surface area contributed by atoms with Crippen molar-refractivity contribution in [2.45, 2.75) is 72.4 Å². The van der Waals surface area contributed by atoms with E-state index in [0.717, 1.165) is 21.8 Å². The molecule has 1 aliphatic heterocycles. The van der Waals surface area contributed by atoms with Crippen molar-refractivity contribution in [2.24, 2.45) is 17.8 Å². The number of amides is 2. The maximum absolute atomic E-state index is 13.1. The minimum atomic E-state index is -0.634. The van der Waals surface area contributed by atoms with Gasteiger partial charge in [0, 0.05) is 11.3 Å². The third-order valence-corrected chi connectivity index (χ3v) is 8.30. The lowest BCUT2D eigenvalue weighted by Crippen LogP contribution is -2.43. The van der Waals surface area contributed by atoms with Crippen LogP contribution in [-0.4, -0.2) is 45.7 Å². The van der Waals surface area contributed by atoms with Gasteiger partial charge in [0.1, 0.15) is 6.61 Å². The highest BCUT2D eigenvalue weighted by molar-refractivity contribution is 7.09. The first kappa shape index (κ1) is 28.8. The Hall–Kier alpha value is -2.77. The average molecular weight is 525 g/mol. The van der Waals surface area contributed by atoms with Gasteiger partial charge in [0.2, 0.25) is 5.91 Å². The zero-order valence-electron chi connectivity index (χ0n) is 22.6. The molecule has 2 amide bonds. The molecule has 0 bridgehead atoms. The van der Waals surface area contributed by atoms with Crippen LogP contribution < -0.4 is 0 Å². The van der Waals surface area contributed by atoms with E-state index >= 15 is 0 Å². The molecule has 3 rings (SSSR count). The van der Waals surface area contributed by atoms with Gasteiger partial charge in [-0.05, 0) is 68.6 Å². The van der Waals surface area contributed by atoms with Gasteiger partial charge in [-0.2, -0.15) is 0 Å². The number of imide groups is 1. The summed E-state index contributed by atoms with van der Waals surface area (Å²) in [7, 11) is 0. The van der Waals surface area contributed by atoms with Gasteiger partial charge in [0.05, 0.1) is 22.8 Å². The molecule has 0 saturated carbocycles. The standard InChI is InChI=1S/C30H40N2O4S/c1-19(28(33)23(5)22(4)21(3)15-26-18-37-24(6)31-26)11-10-12-20(2)29(34)32-27(17-36-30(32)35)16-25-13-8-7-9-14-25/h7-9,13-15,18,20,22-23,27-28,33H,1,10-12,16-17H2,2-6H3/b21-15+/t20-,22+,23+,27-,28?/m0/s1. The summed E-state index contributed by atoms with van der Waals surface area (Å²) in [4.78, 5) is 31.3. The van der Waals surface area contributed by atoms with Gasteiger partial charge >= 0.3 is 6.09 Å². The summed E-state index contributed by atoms with van der Waals surface area (Å²) in [5, 5.41) is 14.0. The lowest BCUT2D eigenvalue weighted by molar-refractivity contribution is -0.133. The summed E-state index contributed by atoms with van der Waals surface area (Å²) in [6, 6.07) is 9.54. The van der Waals surface area contributed by atoms with E-state index in [1.165, 1.54) is 10.5 Å². The van der Waals surface area contributed by atoms with E-state index in [-0.39, 0.29) is 36.3 Å². The molecule has 1 aromatic heterocycles. The summed E-state index contributed by atoms with van der Waals surface area (Å²) < 4.78 is 5.21. The van der Waals surface area contributed by atoms with Crippen molar-refractivity contribution in [1.29, 1.82) is 0 Å². The van der Waals surface area contributed by atoms with Crippen molar-refractivity contribution in [3.05, 3.63) is 69.7 Å². The second-order valence-corrected chi connectivity index (χ2v) is 11.4. The van der Waals surface area contributed by atoms with E-state index in [0.29, 0.717) is 25.7 Å². The number of nitrogens with zero attached hydrogens (tertiary/aromatic N) is 2. The van der Waals surface area contributed by atoms with E-state index in [2.05, 4.69) is 31.5 Å². The highest BCUT2D eigenvalue weighted by Crippen LogP contribution is 2.30. The number of carbonyl (C=O) groups is 2. The molecule has 5 atom stereocenters. The molecule has 1 unspecified atom stereocenters. The molecular weight excluding hydrogens is 484 g/mol. The minimum absolute atomic E-state index is 0.000605. The van der Waals surface area contributed by atoms with Gasteiger partial charge in [-0.15, -0.1) is 11.3 Å². The number of aliphatic hydroxyl groups is 1. The number of allylic oxidation sites excluding steroid dienone is 1. The molecular formula is C30H40N2O4S. The van der Waals surface area contributed by atoms with Crippen molar-refractivity contribution in [3.63, 3.8) is 0 Å². The molecule has 200 valence electrons. The van der Waals surface area contributed by atoms with E-state index in [9.17, 15) is 14.7 Å². The minimum Gasteiger partial charge on any atom is -0.447 e. The first-order valence-corrected chi connectivity index (χ1v) is 14.0. The van der Waals surface area contributed by atoms with E-state index in [1.54, 1.807) is 11.3 Å².